The second kappa shape index (κ2) is 6.33. The van der Waals surface area contributed by atoms with Crippen molar-refractivity contribution >= 4 is 11.6 Å². The van der Waals surface area contributed by atoms with E-state index in [1.807, 2.05) is 31.2 Å². The van der Waals surface area contributed by atoms with E-state index in [4.69, 9.17) is 4.74 Å². The maximum absolute atomic E-state index is 12.5. The topological polar surface area (TPSA) is 38.3 Å². The standard InChI is InChI=1S/C18H23NO2/c1-2-21-16-12-8-7-11-15(16)19-18(20)17-13-9-5-3-4-6-10-14(13)17/h5,7-9,11-14,17H,2-4,6,10H2,1H3,(H,19,20)/t13-,14+,17-/m0/s1. The lowest BCUT2D eigenvalue weighted by Gasteiger charge is -2.11. The van der Waals surface area contributed by atoms with Crippen LogP contribution in [0.4, 0.5) is 5.69 Å². The largest absolute Gasteiger partial charge is 0.492 e. The molecule has 0 heterocycles. The molecule has 1 aromatic carbocycles. The molecule has 2 aliphatic carbocycles. The molecule has 0 spiro atoms. The van der Waals surface area contributed by atoms with Crippen LogP contribution in [0.2, 0.25) is 0 Å². The molecule has 2 aliphatic rings. The van der Waals surface area contributed by atoms with E-state index in [1.54, 1.807) is 0 Å². The summed E-state index contributed by atoms with van der Waals surface area (Å²) in [6.07, 6.45) is 9.33. The van der Waals surface area contributed by atoms with Crippen molar-refractivity contribution in [2.45, 2.75) is 32.6 Å². The van der Waals surface area contributed by atoms with E-state index in [1.165, 1.54) is 19.3 Å². The molecule has 21 heavy (non-hydrogen) atoms. The molecule has 3 atom stereocenters. The Hall–Kier alpha value is -1.77. The predicted octanol–water partition coefficient (Wildman–Crippen LogP) is 4.02. The number of allylic oxidation sites excluding steroid dienone is 2. The fourth-order valence-corrected chi connectivity index (χ4v) is 3.37. The first-order valence-corrected chi connectivity index (χ1v) is 8.00. The van der Waals surface area contributed by atoms with Gasteiger partial charge in [-0.15, -0.1) is 0 Å². The smallest absolute Gasteiger partial charge is 0.228 e. The molecule has 0 aliphatic heterocycles. The molecule has 1 saturated carbocycles. The van der Waals surface area contributed by atoms with Crippen molar-refractivity contribution in [1.29, 1.82) is 0 Å². The highest BCUT2D eigenvalue weighted by Gasteiger charge is 2.52. The number of amides is 1. The first-order chi connectivity index (χ1) is 10.3. The summed E-state index contributed by atoms with van der Waals surface area (Å²) >= 11 is 0. The normalized spacial score (nSPS) is 27.2. The Morgan fingerprint density at radius 2 is 2.19 bits per heavy atom. The van der Waals surface area contributed by atoms with Gasteiger partial charge < -0.3 is 10.1 Å². The predicted molar refractivity (Wildman–Crippen MR) is 84.3 cm³/mol. The van der Waals surface area contributed by atoms with Crippen molar-refractivity contribution in [2.24, 2.45) is 17.8 Å². The summed E-state index contributed by atoms with van der Waals surface area (Å²) in [5.74, 6) is 2.03. The number of carbonyl (C=O) groups excluding carboxylic acids is 1. The molecule has 3 nitrogen and oxygen atoms in total. The lowest BCUT2D eigenvalue weighted by molar-refractivity contribution is -0.117. The number of hydrogen-bond donors (Lipinski definition) is 1. The first kappa shape index (κ1) is 14.2. The second-order valence-corrected chi connectivity index (χ2v) is 5.90. The summed E-state index contributed by atoms with van der Waals surface area (Å²) in [4.78, 5) is 12.5. The van der Waals surface area contributed by atoms with E-state index >= 15 is 0 Å². The Labute approximate surface area is 126 Å². The van der Waals surface area contributed by atoms with Crippen LogP contribution in [0.1, 0.15) is 32.6 Å². The van der Waals surface area contributed by atoms with Crippen LogP contribution >= 0.6 is 0 Å². The minimum Gasteiger partial charge on any atom is -0.492 e. The quantitative estimate of drug-likeness (QED) is 0.849. The zero-order valence-corrected chi connectivity index (χ0v) is 12.5. The first-order valence-electron chi connectivity index (χ1n) is 8.00. The van der Waals surface area contributed by atoms with Crippen LogP contribution in [0.3, 0.4) is 0 Å². The van der Waals surface area contributed by atoms with Crippen LogP contribution in [0.25, 0.3) is 0 Å². The summed E-state index contributed by atoms with van der Waals surface area (Å²) in [7, 11) is 0. The van der Waals surface area contributed by atoms with Gasteiger partial charge in [0.05, 0.1) is 12.3 Å². The molecule has 1 aromatic rings. The van der Waals surface area contributed by atoms with E-state index in [2.05, 4.69) is 17.5 Å². The second-order valence-electron chi connectivity index (χ2n) is 5.90. The SMILES string of the molecule is CCOc1ccccc1NC(=O)[C@H]1[C@H]2C=CCCCC[C@H]21. The fourth-order valence-electron chi connectivity index (χ4n) is 3.37. The highest BCUT2D eigenvalue weighted by Crippen LogP contribution is 2.52. The Bertz CT molecular complexity index is 538. The van der Waals surface area contributed by atoms with Crippen molar-refractivity contribution in [3.63, 3.8) is 0 Å². The Balaban J connectivity index is 1.67. The lowest BCUT2D eigenvalue weighted by Crippen LogP contribution is -2.16. The minimum atomic E-state index is 0.142. The van der Waals surface area contributed by atoms with Crippen molar-refractivity contribution in [1.82, 2.24) is 0 Å². The van der Waals surface area contributed by atoms with Crippen molar-refractivity contribution in [3.8, 4) is 5.75 Å². The van der Waals surface area contributed by atoms with Gasteiger partial charge in [0, 0.05) is 5.92 Å². The molecule has 0 saturated heterocycles. The van der Waals surface area contributed by atoms with Crippen LogP contribution in [0.15, 0.2) is 36.4 Å². The van der Waals surface area contributed by atoms with Crippen LogP contribution in [-0.2, 0) is 4.79 Å². The van der Waals surface area contributed by atoms with Gasteiger partial charge in [-0.2, -0.15) is 0 Å². The zero-order chi connectivity index (χ0) is 14.7. The summed E-state index contributed by atoms with van der Waals surface area (Å²) in [6, 6.07) is 7.65. The average Bonchev–Trinajstić information content (AvgIpc) is 3.12. The molecule has 0 radical (unpaired) electrons. The molecular formula is C18H23NO2. The van der Waals surface area contributed by atoms with Gasteiger partial charge in [0.2, 0.25) is 5.91 Å². The highest BCUT2D eigenvalue weighted by molar-refractivity contribution is 5.96. The van der Waals surface area contributed by atoms with Gasteiger partial charge in [0.1, 0.15) is 5.75 Å². The van der Waals surface area contributed by atoms with Gasteiger partial charge in [-0.25, -0.2) is 0 Å². The zero-order valence-electron chi connectivity index (χ0n) is 12.5. The lowest BCUT2D eigenvalue weighted by atomic mass is 10.1. The number of rotatable bonds is 4. The van der Waals surface area contributed by atoms with Crippen molar-refractivity contribution in [2.75, 3.05) is 11.9 Å². The minimum absolute atomic E-state index is 0.142. The Kier molecular flexibility index (Phi) is 4.28. The molecule has 0 unspecified atom stereocenters. The maximum Gasteiger partial charge on any atom is 0.228 e. The van der Waals surface area contributed by atoms with Gasteiger partial charge in [-0.3, -0.25) is 4.79 Å². The van der Waals surface area contributed by atoms with E-state index < -0.39 is 0 Å². The summed E-state index contributed by atoms with van der Waals surface area (Å²) in [5.41, 5.74) is 0.785. The van der Waals surface area contributed by atoms with Crippen LogP contribution in [0, 0.1) is 17.8 Å². The number of carbonyl (C=O) groups is 1. The summed E-state index contributed by atoms with van der Waals surface area (Å²) in [5, 5.41) is 3.06. The summed E-state index contributed by atoms with van der Waals surface area (Å²) < 4.78 is 5.57. The van der Waals surface area contributed by atoms with Gasteiger partial charge in [-0.1, -0.05) is 30.7 Å². The number of hydrogen-bond acceptors (Lipinski definition) is 2. The van der Waals surface area contributed by atoms with E-state index in [0.717, 1.165) is 17.9 Å². The third-order valence-corrected chi connectivity index (χ3v) is 4.49. The van der Waals surface area contributed by atoms with E-state index in [0.29, 0.717) is 18.4 Å². The van der Waals surface area contributed by atoms with Crippen molar-refractivity contribution in [3.05, 3.63) is 36.4 Å². The number of benzene rings is 1. The maximum atomic E-state index is 12.5. The third-order valence-electron chi connectivity index (χ3n) is 4.49. The molecule has 0 aromatic heterocycles. The summed E-state index contributed by atoms with van der Waals surface area (Å²) in [6.45, 7) is 2.55. The van der Waals surface area contributed by atoms with Crippen LogP contribution in [-0.4, -0.2) is 12.5 Å². The molecular weight excluding hydrogens is 262 g/mol. The van der Waals surface area contributed by atoms with Gasteiger partial charge in [-0.05, 0) is 50.2 Å². The fraction of sp³-hybridized carbons (Fsp3) is 0.500. The van der Waals surface area contributed by atoms with Gasteiger partial charge in [0.25, 0.3) is 0 Å². The molecule has 1 amide bonds. The van der Waals surface area contributed by atoms with Gasteiger partial charge >= 0.3 is 0 Å². The van der Waals surface area contributed by atoms with Gasteiger partial charge in [0.15, 0.2) is 0 Å². The number of fused-ring (bicyclic) bond motifs is 1. The monoisotopic (exact) mass is 285 g/mol. The third kappa shape index (κ3) is 3.12. The number of ether oxygens (including phenoxy) is 1. The molecule has 3 heteroatoms. The van der Waals surface area contributed by atoms with Crippen LogP contribution < -0.4 is 10.1 Å². The Morgan fingerprint density at radius 3 is 3.05 bits per heavy atom. The average molecular weight is 285 g/mol. The van der Waals surface area contributed by atoms with E-state index in [9.17, 15) is 4.79 Å². The number of para-hydroxylation sites is 2. The molecule has 1 N–H and O–H groups in total. The molecule has 0 bridgehead atoms. The van der Waals surface area contributed by atoms with Crippen LogP contribution in [0.5, 0.6) is 5.75 Å². The number of nitrogens with one attached hydrogen (secondary N) is 1. The van der Waals surface area contributed by atoms with Crippen molar-refractivity contribution < 1.29 is 9.53 Å². The molecule has 3 rings (SSSR count). The van der Waals surface area contributed by atoms with E-state index in [-0.39, 0.29) is 11.8 Å². The Morgan fingerprint density at radius 1 is 1.33 bits per heavy atom. The molecule has 1 fully saturated rings. The highest BCUT2D eigenvalue weighted by atomic mass is 16.5. The molecule has 112 valence electrons. The number of anilines is 1.